The molecule has 10 nitrogen and oxygen atoms in total. The van der Waals surface area contributed by atoms with Crippen molar-refractivity contribution in [3.05, 3.63) is 54.5 Å². The molecule has 32 heavy (non-hydrogen) atoms. The van der Waals surface area contributed by atoms with Gasteiger partial charge in [0.1, 0.15) is 5.82 Å². The molecule has 10 heteroatoms. The number of hydrogen-bond donors (Lipinski definition) is 3. The van der Waals surface area contributed by atoms with Crippen LogP contribution < -0.4 is 16.0 Å². The van der Waals surface area contributed by atoms with Gasteiger partial charge in [0.25, 0.3) is 0 Å². The number of nitrogens with one attached hydrogen (secondary N) is 2. The Morgan fingerprint density at radius 2 is 1.81 bits per heavy atom. The van der Waals surface area contributed by atoms with Gasteiger partial charge in [-0.3, -0.25) is 4.98 Å². The van der Waals surface area contributed by atoms with E-state index in [9.17, 15) is 0 Å². The number of fused-ring (bicyclic) bond motifs is 1. The van der Waals surface area contributed by atoms with Crippen molar-refractivity contribution in [3.8, 4) is 11.3 Å². The van der Waals surface area contributed by atoms with E-state index in [0.29, 0.717) is 54.9 Å². The van der Waals surface area contributed by atoms with E-state index in [1.54, 1.807) is 18.6 Å². The lowest BCUT2D eigenvalue weighted by atomic mass is 10.1. The van der Waals surface area contributed by atoms with Gasteiger partial charge < -0.3 is 26.1 Å². The van der Waals surface area contributed by atoms with Crippen molar-refractivity contribution in [1.29, 1.82) is 5.41 Å². The molecule has 4 aromatic rings. The SMILES string of the molecule is N=Cc1c(Nc2cnc3ccccc3c2)nc(N2CCOCC2)nc1-c1cnc(N)nc1. The number of hydrogen-bond acceptors (Lipinski definition) is 10. The van der Waals surface area contributed by atoms with Crippen LogP contribution in [-0.4, -0.2) is 57.4 Å². The molecule has 4 N–H and O–H groups in total. The Morgan fingerprint density at radius 1 is 1.03 bits per heavy atom. The molecule has 1 aromatic carbocycles. The third-order valence-electron chi connectivity index (χ3n) is 5.17. The topological polar surface area (TPSA) is 139 Å². The fourth-order valence-electron chi connectivity index (χ4n) is 3.55. The predicted molar refractivity (Wildman–Crippen MR) is 123 cm³/mol. The van der Waals surface area contributed by atoms with Crippen molar-refractivity contribution in [2.45, 2.75) is 0 Å². The number of para-hydroxylation sites is 1. The molecule has 0 atom stereocenters. The number of pyridine rings is 1. The van der Waals surface area contributed by atoms with Crippen LogP contribution in [0.2, 0.25) is 0 Å². The highest BCUT2D eigenvalue weighted by Crippen LogP contribution is 2.30. The maximum atomic E-state index is 8.07. The van der Waals surface area contributed by atoms with Gasteiger partial charge in [-0.25, -0.2) is 15.0 Å². The van der Waals surface area contributed by atoms with Crippen LogP contribution in [-0.2, 0) is 4.74 Å². The summed E-state index contributed by atoms with van der Waals surface area (Å²) in [5, 5.41) is 12.4. The molecule has 5 rings (SSSR count). The second-order valence-corrected chi connectivity index (χ2v) is 7.25. The lowest BCUT2D eigenvalue weighted by Gasteiger charge is -2.28. The van der Waals surface area contributed by atoms with Crippen LogP contribution in [0.1, 0.15) is 5.56 Å². The quantitative estimate of drug-likeness (QED) is 0.410. The summed E-state index contributed by atoms with van der Waals surface area (Å²) in [6.07, 6.45) is 6.18. The summed E-state index contributed by atoms with van der Waals surface area (Å²) in [5.41, 5.74) is 9.04. The molecule has 3 aromatic heterocycles. The Kier molecular flexibility index (Phi) is 5.26. The van der Waals surface area contributed by atoms with Crippen molar-refractivity contribution >= 4 is 40.5 Å². The van der Waals surface area contributed by atoms with Gasteiger partial charge in [-0.15, -0.1) is 0 Å². The van der Waals surface area contributed by atoms with E-state index in [-0.39, 0.29) is 5.95 Å². The Hall–Kier alpha value is -4.18. The van der Waals surface area contributed by atoms with Gasteiger partial charge in [-0.2, -0.15) is 4.98 Å². The summed E-state index contributed by atoms with van der Waals surface area (Å²) in [6.45, 7) is 2.57. The fraction of sp³-hybridized carbons (Fsp3) is 0.182. The number of nitrogens with zero attached hydrogens (tertiary/aromatic N) is 6. The summed E-state index contributed by atoms with van der Waals surface area (Å²) in [6, 6.07) is 9.88. The molecule has 160 valence electrons. The lowest BCUT2D eigenvalue weighted by molar-refractivity contribution is 0.122. The molecule has 0 bridgehead atoms. The summed E-state index contributed by atoms with van der Waals surface area (Å²) >= 11 is 0. The fourth-order valence-corrected chi connectivity index (χ4v) is 3.55. The third kappa shape index (κ3) is 3.91. The molecule has 1 fully saturated rings. The van der Waals surface area contributed by atoms with Crippen LogP contribution in [0.3, 0.4) is 0 Å². The number of ether oxygens (including phenoxy) is 1. The molecule has 0 spiro atoms. The smallest absolute Gasteiger partial charge is 0.228 e. The van der Waals surface area contributed by atoms with E-state index < -0.39 is 0 Å². The van der Waals surface area contributed by atoms with E-state index >= 15 is 0 Å². The average molecular weight is 427 g/mol. The van der Waals surface area contributed by atoms with Crippen molar-refractivity contribution in [2.75, 3.05) is 42.3 Å². The van der Waals surface area contributed by atoms with Crippen LogP contribution in [0.4, 0.5) is 23.4 Å². The predicted octanol–water partition coefficient (Wildman–Crippen LogP) is 2.64. The molecule has 0 aliphatic carbocycles. The minimum atomic E-state index is 0.174. The summed E-state index contributed by atoms with van der Waals surface area (Å²) < 4.78 is 5.47. The molecule has 0 amide bonds. The zero-order chi connectivity index (χ0) is 21.9. The van der Waals surface area contributed by atoms with Crippen LogP contribution in [0, 0.1) is 5.41 Å². The molecule has 0 unspecified atom stereocenters. The normalized spacial score (nSPS) is 13.8. The maximum Gasteiger partial charge on any atom is 0.228 e. The molecule has 0 radical (unpaired) electrons. The second kappa shape index (κ2) is 8.52. The standard InChI is InChI=1S/C22H21N9O/c23-10-17-19(15-11-26-21(24)27-12-15)29-22(31-5-7-32-8-6-31)30-20(17)28-16-9-14-3-1-2-4-18(14)25-13-16/h1-4,9-13,23H,5-8H2,(H2,24,26,27)(H,28,29,30). The first kappa shape index (κ1) is 19.8. The van der Waals surface area contributed by atoms with Gasteiger partial charge >= 0.3 is 0 Å². The molecule has 1 aliphatic rings. The number of rotatable bonds is 5. The summed E-state index contributed by atoms with van der Waals surface area (Å²) in [4.78, 5) is 24.2. The molecule has 4 heterocycles. The monoisotopic (exact) mass is 427 g/mol. The highest BCUT2D eigenvalue weighted by atomic mass is 16.5. The van der Waals surface area contributed by atoms with Crippen molar-refractivity contribution in [2.24, 2.45) is 0 Å². The third-order valence-corrected chi connectivity index (χ3v) is 5.17. The number of benzene rings is 1. The zero-order valence-corrected chi connectivity index (χ0v) is 17.2. The lowest BCUT2D eigenvalue weighted by Crippen LogP contribution is -2.37. The van der Waals surface area contributed by atoms with Crippen molar-refractivity contribution < 1.29 is 4.74 Å². The van der Waals surface area contributed by atoms with Gasteiger partial charge in [0, 0.05) is 42.6 Å². The van der Waals surface area contributed by atoms with Gasteiger partial charge in [-0.1, -0.05) is 18.2 Å². The van der Waals surface area contributed by atoms with Gasteiger partial charge in [0.05, 0.1) is 41.9 Å². The minimum absolute atomic E-state index is 0.174. The largest absolute Gasteiger partial charge is 0.378 e. The van der Waals surface area contributed by atoms with Crippen molar-refractivity contribution in [1.82, 2.24) is 24.9 Å². The average Bonchev–Trinajstić information content (AvgIpc) is 2.84. The molecular formula is C22H21N9O. The number of nitrogen functional groups attached to an aromatic ring is 1. The first-order valence-electron chi connectivity index (χ1n) is 10.2. The first-order chi connectivity index (χ1) is 15.7. The molecule has 1 aliphatic heterocycles. The van der Waals surface area contributed by atoms with Gasteiger partial charge in [-0.05, 0) is 12.1 Å². The maximum absolute atomic E-state index is 8.07. The van der Waals surface area contributed by atoms with E-state index in [4.69, 9.17) is 25.8 Å². The Balaban J connectivity index is 1.62. The van der Waals surface area contributed by atoms with Crippen molar-refractivity contribution in [3.63, 3.8) is 0 Å². The zero-order valence-electron chi connectivity index (χ0n) is 17.2. The second-order valence-electron chi connectivity index (χ2n) is 7.25. The molecule has 0 saturated carbocycles. The highest BCUT2D eigenvalue weighted by molar-refractivity contribution is 5.94. The van der Waals surface area contributed by atoms with Gasteiger partial charge in [0.15, 0.2) is 0 Å². The summed E-state index contributed by atoms with van der Waals surface area (Å²) in [7, 11) is 0. The van der Waals surface area contributed by atoms with E-state index in [1.807, 2.05) is 30.3 Å². The first-order valence-corrected chi connectivity index (χ1v) is 10.2. The highest BCUT2D eigenvalue weighted by Gasteiger charge is 2.21. The molecular weight excluding hydrogens is 406 g/mol. The van der Waals surface area contributed by atoms with E-state index in [2.05, 4.69) is 25.2 Å². The Labute approximate surface area is 184 Å². The molecule has 1 saturated heterocycles. The Bertz CT molecular complexity index is 1270. The van der Waals surface area contributed by atoms with Crippen LogP contribution in [0.15, 0.2) is 48.9 Å². The van der Waals surface area contributed by atoms with E-state index in [1.165, 1.54) is 6.21 Å². The van der Waals surface area contributed by atoms with E-state index in [0.717, 1.165) is 16.6 Å². The van der Waals surface area contributed by atoms with Crippen LogP contribution in [0.5, 0.6) is 0 Å². The summed E-state index contributed by atoms with van der Waals surface area (Å²) in [5.74, 6) is 1.22. The van der Waals surface area contributed by atoms with Gasteiger partial charge in [0.2, 0.25) is 11.9 Å². The Morgan fingerprint density at radius 3 is 2.59 bits per heavy atom. The number of aromatic nitrogens is 5. The van der Waals surface area contributed by atoms with Crippen LogP contribution in [0.25, 0.3) is 22.2 Å². The minimum Gasteiger partial charge on any atom is -0.378 e. The van der Waals surface area contributed by atoms with Crippen LogP contribution >= 0.6 is 0 Å². The number of morpholine rings is 1. The number of nitrogens with two attached hydrogens (primary N) is 1. The number of anilines is 4.